The molecular formula is C22H23ClN4O2. The molecule has 3 aromatic rings. The molecule has 0 saturated carbocycles. The molecule has 1 fully saturated rings. The highest BCUT2D eigenvalue weighted by molar-refractivity contribution is 6.30. The van der Waals surface area contributed by atoms with E-state index in [9.17, 15) is 4.79 Å². The zero-order chi connectivity index (χ0) is 20.2. The SMILES string of the molecule is CCOc1nc2ccccc2nc1N1CCC[C@@H](C(=O)Nc2ccc(Cl)cc2)C1. The maximum atomic E-state index is 12.8. The minimum atomic E-state index is -0.137. The molecule has 1 saturated heterocycles. The lowest BCUT2D eigenvalue weighted by Gasteiger charge is -2.33. The number of hydrogen-bond donors (Lipinski definition) is 1. The summed E-state index contributed by atoms with van der Waals surface area (Å²) >= 11 is 5.92. The number of amides is 1. The van der Waals surface area contributed by atoms with Crippen molar-refractivity contribution in [3.8, 4) is 5.88 Å². The lowest BCUT2D eigenvalue weighted by Crippen LogP contribution is -2.41. The van der Waals surface area contributed by atoms with Crippen LogP contribution in [-0.4, -0.2) is 35.6 Å². The molecule has 0 aliphatic carbocycles. The van der Waals surface area contributed by atoms with E-state index in [0.717, 1.165) is 36.1 Å². The van der Waals surface area contributed by atoms with Crippen LogP contribution >= 0.6 is 11.6 Å². The molecule has 1 amide bonds. The van der Waals surface area contributed by atoms with Gasteiger partial charge in [-0.25, -0.2) is 9.97 Å². The number of halogens is 1. The number of carbonyl (C=O) groups excluding carboxylic acids is 1. The maximum Gasteiger partial charge on any atom is 0.258 e. The summed E-state index contributed by atoms with van der Waals surface area (Å²) in [6.07, 6.45) is 1.74. The van der Waals surface area contributed by atoms with E-state index in [1.54, 1.807) is 12.1 Å². The van der Waals surface area contributed by atoms with Crippen LogP contribution in [0.15, 0.2) is 48.5 Å². The van der Waals surface area contributed by atoms with E-state index in [-0.39, 0.29) is 11.8 Å². The van der Waals surface area contributed by atoms with Crippen molar-refractivity contribution in [1.29, 1.82) is 0 Å². The number of piperidine rings is 1. The molecule has 2 heterocycles. The van der Waals surface area contributed by atoms with Crippen LogP contribution < -0.4 is 15.0 Å². The first kappa shape index (κ1) is 19.5. The van der Waals surface area contributed by atoms with Gasteiger partial charge in [0.05, 0.1) is 23.6 Å². The van der Waals surface area contributed by atoms with Crippen LogP contribution in [0.3, 0.4) is 0 Å². The molecule has 1 aromatic heterocycles. The number of hydrogen-bond acceptors (Lipinski definition) is 5. The smallest absolute Gasteiger partial charge is 0.258 e. The first-order valence-electron chi connectivity index (χ1n) is 9.85. The zero-order valence-corrected chi connectivity index (χ0v) is 17.0. The van der Waals surface area contributed by atoms with Gasteiger partial charge in [0.25, 0.3) is 5.88 Å². The summed E-state index contributed by atoms with van der Waals surface area (Å²) in [6.45, 7) is 3.83. The number of fused-ring (bicyclic) bond motifs is 1. The number of anilines is 2. The molecule has 2 aromatic carbocycles. The molecule has 1 N–H and O–H groups in total. The topological polar surface area (TPSA) is 67.4 Å². The number of nitrogens with zero attached hydrogens (tertiary/aromatic N) is 3. The monoisotopic (exact) mass is 410 g/mol. The second-order valence-corrected chi connectivity index (χ2v) is 7.49. The lowest BCUT2D eigenvalue weighted by atomic mass is 9.97. The molecule has 1 aliphatic heterocycles. The number of aromatic nitrogens is 2. The van der Waals surface area contributed by atoms with Crippen molar-refractivity contribution in [3.63, 3.8) is 0 Å². The minimum Gasteiger partial charge on any atom is -0.475 e. The molecule has 1 aliphatic rings. The highest BCUT2D eigenvalue weighted by Crippen LogP contribution is 2.31. The number of benzene rings is 2. The summed E-state index contributed by atoms with van der Waals surface area (Å²) < 4.78 is 5.77. The molecule has 0 spiro atoms. The highest BCUT2D eigenvalue weighted by atomic mass is 35.5. The first-order chi connectivity index (χ1) is 14.1. The Morgan fingerprint density at radius 1 is 1.17 bits per heavy atom. The van der Waals surface area contributed by atoms with E-state index in [1.807, 2.05) is 43.3 Å². The van der Waals surface area contributed by atoms with Gasteiger partial charge in [-0.05, 0) is 56.2 Å². The number of rotatable bonds is 5. The fourth-order valence-electron chi connectivity index (χ4n) is 3.58. The Bertz CT molecular complexity index is 1010. The number of carbonyl (C=O) groups is 1. The van der Waals surface area contributed by atoms with E-state index in [2.05, 4.69) is 15.2 Å². The van der Waals surface area contributed by atoms with Gasteiger partial charge in [0.1, 0.15) is 0 Å². The maximum absolute atomic E-state index is 12.8. The summed E-state index contributed by atoms with van der Waals surface area (Å²) in [6, 6.07) is 14.9. The fourth-order valence-corrected chi connectivity index (χ4v) is 3.70. The van der Waals surface area contributed by atoms with Crippen molar-refractivity contribution < 1.29 is 9.53 Å². The van der Waals surface area contributed by atoms with E-state index in [4.69, 9.17) is 21.3 Å². The summed E-state index contributed by atoms with van der Waals surface area (Å²) in [4.78, 5) is 24.4. The van der Waals surface area contributed by atoms with Crippen LogP contribution in [0, 0.1) is 5.92 Å². The van der Waals surface area contributed by atoms with Gasteiger partial charge in [-0.3, -0.25) is 4.79 Å². The van der Waals surface area contributed by atoms with Crippen LogP contribution in [0.2, 0.25) is 5.02 Å². The Hall–Kier alpha value is -2.86. The quantitative estimate of drug-likeness (QED) is 0.669. The van der Waals surface area contributed by atoms with Crippen molar-refractivity contribution >= 4 is 40.0 Å². The molecule has 1 atom stereocenters. The minimum absolute atomic E-state index is 0.00345. The highest BCUT2D eigenvalue weighted by Gasteiger charge is 2.29. The number of para-hydroxylation sites is 2. The van der Waals surface area contributed by atoms with Crippen molar-refractivity contribution in [3.05, 3.63) is 53.6 Å². The predicted molar refractivity (Wildman–Crippen MR) is 116 cm³/mol. The fraction of sp³-hybridized carbons (Fsp3) is 0.318. The van der Waals surface area contributed by atoms with E-state index in [0.29, 0.717) is 29.9 Å². The summed E-state index contributed by atoms with van der Waals surface area (Å²) in [5, 5.41) is 3.63. The third-order valence-electron chi connectivity index (χ3n) is 5.01. The third kappa shape index (κ3) is 4.43. The molecule has 0 radical (unpaired) electrons. The Morgan fingerprint density at radius 2 is 1.90 bits per heavy atom. The van der Waals surface area contributed by atoms with Crippen molar-refractivity contribution in [2.45, 2.75) is 19.8 Å². The van der Waals surface area contributed by atoms with Crippen molar-refractivity contribution in [2.24, 2.45) is 5.92 Å². The summed E-state index contributed by atoms with van der Waals surface area (Å²) in [5.41, 5.74) is 2.37. The average molecular weight is 411 g/mol. The second-order valence-electron chi connectivity index (χ2n) is 7.06. The predicted octanol–water partition coefficient (Wildman–Crippen LogP) is 4.54. The summed E-state index contributed by atoms with van der Waals surface area (Å²) in [5.74, 6) is 1.09. The van der Waals surface area contributed by atoms with Gasteiger partial charge in [0.2, 0.25) is 5.91 Å². The van der Waals surface area contributed by atoms with Gasteiger partial charge in [-0.1, -0.05) is 23.7 Å². The van der Waals surface area contributed by atoms with E-state index >= 15 is 0 Å². The molecule has 4 rings (SSSR count). The Morgan fingerprint density at radius 3 is 2.62 bits per heavy atom. The Kier molecular flexibility index (Phi) is 5.81. The average Bonchev–Trinajstić information content (AvgIpc) is 2.75. The number of nitrogens with one attached hydrogen (secondary N) is 1. The molecule has 150 valence electrons. The molecule has 6 nitrogen and oxygen atoms in total. The normalized spacial score (nSPS) is 16.6. The lowest BCUT2D eigenvalue weighted by molar-refractivity contribution is -0.120. The first-order valence-corrected chi connectivity index (χ1v) is 10.2. The molecule has 0 bridgehead atoms. The largest absolute Gasteiger partial charge is 0.475 e. The molecular weight excluding hydrogens is 388 g/mol. The Labute approximate surface area is 174 Å². The van der Waals surface area contributed by atoms with E-state index < -0.39 is 0 Å². The van der Waals surface area contributed by atoms with Crippen molar-refractivity contribution in [1.82, 2.24) is 9.97 Å². The van der Waals surface area contributed by atoms with Gasteiger partial charge >= 0.3 is 0 Å². The van der Waals surface area contributed by atoms with Crippen molar-refractivity contribution in [2.75, 3.05) is 29.9 Å². The molecule has 0 unspecified atom stereocenters. The molecule has 7 heteroatoms. The third-order valence-corrected chi connectivity index (χ3v) is 5.26. The number of ether oxygens (including phenoxy) is 1. The second kappa shape index (κ2) is 8.66. The standard InChI is InChI=1S/C22H23ClN4O2/c1-2-29-22-20(25-18-7-3-4-8-19(18)26-22)27-13-5-6-15(14-27)21(28)24-17-11-9-16(23)10-12-17/h3-4,7-12,15H,2,5-6,13-14H2,1H3,(H,24,28)/t15-/m1/s1. The van der Waals surface area contributed by atoms with Gasteiger partial charge in [-0.2, -0.15) is 0 Å². The van der Waals surface area contributed by atoms with Gasteiger partial charge in [0.15, 0.2) is 5.82 Å². The van der Waals surface area contributed by atoms with Crippen LogP contribution in [0.4, 0.5) is 11.5 Å². The van der Waals surface area contributed by atoms with Crippen LogP contribution in [0.5, 0.6) is 5.88 Å². The van der Waals surface area contributed by atoms with Crippen LogP contribution in [0.25, 0.3) is 11.0 Å². The van der Waals surface area contributed by atoms with Crippen LogP contribution in [0.1, 0.15) is 19.8 Å². The molecule has 29 heavy (non-hydrogen) atoms. The van der Waals surface area contributed by atoms with E-state index in [1.165, 1.54) is 0 Å². The van der Waals surface area contributed by atoms with Gasteiger partial charge in [0, 0.05) is 23.8 Å². The Balaban J connectivity index is 1.55. The van der Waals surface area contributed by atoms with Crippen LogP contribution in [-0.2, 0) is 4.79 Å². The van der Waals surface area contributed by atoms with Gasteiger partial charge in [-0.15, -0.1) is 0 Å². The summed E-state index contributed by atoms with van der Waals surface area (Å²) in [7, 11) is 0. The van der Waals surface area contributed by atoms with Gasteiger partial charge < -0.3 is 15.0 Å². The zero-order valence-electron chi connectivity index (χ0n) is 16.3.